The van der Waals surface area contributed by atoms with E-state index in [2.05, 4.69) is 30.6 Å². The van der Waals surface area contributed by atoms with E-state index >= 15 is 0 Å². The van der Waals surface area contributed by atoms with E-state index in [4.69, 9.17) is 33.2 Å². The molecular formula is C60H78N4O14. The summed E-state index contributed by atoms with van der Waals surface area (Å²) in [6.07, 6.45) is 11.8. The van der Waals surface area contributed by atoms with Gasteiger partial charge in [0, 0.05) is 55.5 Å². The third-order valence-electron chi connectivity index (χ3n) is 17.4. The number of fused-ring (bicyclic) bond motifs is 9. The second-order valence-corrected chi connectivity index (χ2v) is 22.1. The summed E-state index contributed by atoms with van der Waals surface area (Å²) >= 11 is 0. The van der Waals surface area contributed by atoms with Gasteiger partial charge in [0.25, 0.3) is 0 Å². The zero-order valence-electron chi connectivity index (χ0n) is 45.5. The van der Waals surface area contributed by atoms with Gasteiger partial charge in [0.1, 0.15) is 12.8 Å². The Balaban J connectivity index is 0.596. The third kappa shape index (κ3) is 12.3. The smallest absolute Gasteiger partial charge is 0.244 e. The van der Waals surface area contributed by atoms with Gasteiger partial charge in [0.05, 0.1) is 83.8 Å². The molecule has 3 saturated carbocycles. The van der Waals surface area contributed by atoms with Crippen LogP contribution in [-0.4, -0.2) is 155 Å². The number of para-hydroxylation sites is 1. The minimum atomic E-state index is -1.32. The molecule has 2 aromatic rings. The molecule has 3 N–H and O–H groups in total. The molecule has 0 bridgehead atoms. The van der Waals surface area contributed by atoms with E-state index in [1.807, 2.05) is 67.6 Å². The van der Waals surface area contributed by atoms with E-state index in [-0.39, 0.29) is 98.6 Å². The number of aliphatic hydroxyl groups is 1. The molecule has 9 rings (SSSR count). The summed E-state index contributed by atoms with van der Waals surface area (Å²) in [6.45, 7) is 9.36. The highest BCUT2D eigenvalue weighted by Crippen LogP contribution is 2.70. The van der Waals surface area contributed by atoms with E-state index in [1.165, 1.54) is 4.90 Å². The standard InChI is InChI=1S/C60H78N4O14/c1-4-9-56-77-50-35-46-45-17-16-43-34-44(65)20-23-58(43,2)57(45)48(66)36-59(46,3)60(50,78-56)49(67)39-76-55-21-25-63(55)54(71)37-62-52(69)22-26-72-28-30-74-32-33-75-31-29-73-27-24-61-51(68)18-19-53(70)64-38-42-12-6-5-10-40(42)14-15-41-11-7-8-13-47(41)64/h5-8,10-15,20,23,34,45-46,48,50,55-57,66H,4,9,16-19,21-22,24-33,35-39H2,1-3H3,(H,61,68)(H,62,69)/b15-14-/t45?,46-,48?,50?,55?,56?,57?,58?,59?,60+/m0/s1. The largest absolute Gasteiger partial charge is 0.393 e. The average Bonchev–Trinajstić information content (AvgIpc) is 3.07. The topological polar surface area (TPSA) is 218 Å². The summed E-state index contributed by atoms with van der Waals surface area (Å²) in [5.74, 6) is -1.22. The quantitative estimate of drug-likeness (QED) is 0.0995. The number of rotatable bonds is 26. The predicted octanol–water partition coefficient (Wildman–Crippen LogP) is 5.49. The summed E-state index contributed by atoms with van der Waals surface area (Å²) in [7, 11) is 0. The van der Waals surface area contributed by atoms with E-state index in [0.29, 0.717) is 85.0 Å². The maximum atomic E-state index is 14.7. The number of carbonyl (C=O) groups is 6. The first-order valence-electron chi connectivity index (χ1n) is 28.2. The molecule has 78 heavy (non-hydrogen) atoms. The minimum Gasteiger partial charge on any atom is -0.393 e. The molecule has 4 amide bonds. The maximum Gasteiger partial charge on any atom is 0.244 e. The van der Waals surface area contributed by atoms with Gasteiger partial charge in [-0.3, -0.25) is 28.8 Å². The number of Topliss-reactive ketones (excluding diaryl/α,β-unsaturated/α-hetero) is 1. The average molecular weight is 1080 g/mol. The molecule has 3 aliphatic heterocycles. The molecule has 0 spiro atoms. The van der Waals surface area contributed by atoms with Crippen molar-refractivity contribution in [1.82, 2.24) is 15.5 Å². The predicted molar refractivity (Wildman–Crippen MR) is 288 cm³/mol. The molecule has 10 atom stereocenters. The van der Waals surface area contributed by atoms with Gasteiger partial charge in [0.15, 0.2) is 23.5 Å². The molecule has 3 heterocycles. The lowest BCUT2D eigenvalue weighted by Crippen LogP contribution is -2.64. The summed E-state index contributed by atoms with van der Waals surface area (Å²) < 4.78 is 41.7. The Morgan fingerprint density at radius 1 is 0.795 bits per heavy atom. The number of hydrogen-bond acceptors (Lipinski definition) is 14. The van der Waals surface area contributed by atoms with Gasteiger partial charge in [-0.25, -0.2) is 0 Å². The van der Waals surface area contributed by atoms with Crippen molar-refractivity contribution in [3.63, 3.8) is 0 Å². The van der Waals surface area contributed by atoms with Crippen LogP contribution in [0.5, 0.6) is 0 Å². The van der Waals surface area contributed by atoms with E-state index < -0.39 is 41.2 Å². The number of benzene rings is 2. The van der Waals surface area contributed by atoms with Crippen LogP contribution in [0.25, 0.3) is 12.2 Å². The molecule has 7 aliphatic rings. The molecule has 0 radical (unpaired) electrons. The van der Waals surface area contributed by atoms with Gasteiger partial charge in [-0.2, -0.15) is 0 Å². The summed E-state index contributed by atoms with van der Waals surface area (Å²) in [5, 5.41) is 17.5. The first-order chi connectivity index (χ1) is 37.8. The number of likely N-dealkylation sites (tertiary alicyclic amines) is 1. The van der Waals surface area contributed by atoms with Gasteiger partial charge in [-0.1, -0.05) is 93.5 Å². The number of aliphatic hydroxyl groups excluding tert-OH is 1. The molecule has 0 aromatic heterocycles. The molecule has 2 saturated heterocycles. The van der Waals surface area contributed by atoms with Crippen LogP contribution in [0.15, 0.2) is 72.3 Å². The minimum absolute atomic E-state index is 0.0173. The lowest BCUT2D eigenvalue weighted by Gasteiger charge is -2.59. The molecule has 2 aromatic carbocycles. The molecular weight excluding hydrogens is 1000 g/mol. The number of ether oxygens (including phenoxy) is 7. The van der Waals surface area contributed by atoms with E-state index in [1.54, 1.807) is 17.1 Å². The Morgan fingerprint density at radius 3 is 2.23 bits per heavy atom. The fourth-order valence-corrected chi connectivity index (χ4v) is 13.5. The number of carbonyl (C=O) groups excluding carboxylic acids is 6. The van der Waals surface area contributed by atoms with Crippen molar-refractivity contribution in [2.24, 2.45) is 28.6 Å². The second kappa shape index (κ2) is 25.8. The number of amides is 4. The lowest BCUT2D eigenvalue weighted by atomic mass is 9.46. The number of nitrogens with one attached hydrogen (secondary N) is 2. The van der Waals surface area contributed by atoms with Gasteiger partial charge in [-0.05, 0) is 78.8 Å². The monoisotopic (exact) mass is 1080 g/mol. The number of anilines is 1. The van der Waals surface area contributed by atoms with Crippen LogP contribution in [0, 0.1) is 28.6 Å². The van der Waals surface area contributed by atoms with Crippen LogP contribution in [0.4, 0.5) is 5.69 Å². The Labute approximate surface area is 457 Å². The van der Waals surface area contributed by atoms with Crippen molar-refractivity contribution in [2.45, 2.75) is 122 Å². The van der Waals surface area contributed by atoms with Crippen LogP contribution < -0.4 is 15.5 Å². The summed E-state index contributed by atoms with van der Waals surface area (Å²) in [4.78, 5) is 82.1. The van der Waals surface area contributed by atoms with E-state index in [0.717, 1.165) is 47.2 Å². The van der Waals surface area contributed by atoms with Crippen LogP contribution in [0.1, 0.15) is 102 Å². The Hall–Kier alpha value is -5.44. The molecule has 5 fully saturated rings. The third-order valence-corrected chi connectivity index (χ3v) is 17.4. The van der Waals surface area contributed by atoms with Crippen LogP contribution in [0.2, 0.25) is 0 Å². The van der Waals surface area contributed by atoms with Crippen molar-refractivity contribution in [2.75, 3.05) is 84.0 Å². The number of nitrogens with zero attached hydrogens (tertiary/aromatic N) is 2. The molecule has 8 unspecified atom stereocenters. The summed E-state index contributed by atoms with van der Waals surface area (Å²) in [5.41, 5.74) is 2.43. The van der Waals surface area contributed by atoms with Crippen LogP contribution in [-0.2, 0) is 68.5 Å². The fraction of sp³-hybridized carbons (Fsp3) is 0.600. The fourth-order valence-electron chi connectivity index (χ4n) is 13.5. The van der Waals surface area contributed by atoms with Gasteiger partial charge in [0.2, 0.25) is 23.6 Å². The zero-order chi connectivity index (χ0) is 54.9. The first kappa shape index (κ1) is 57.3. The number of ketones is 2. The molecule has 422 valence electrons. The van der Waals surface area contributed by atoms with Gasteiger partial charge in [-0.15, -0.1) is 0 Å². The second-order valence-electron chi connectivity index (χ2n) is 22.1. The number of allylic oxidation sites excluding steroid dienone is 4. The lowest BCUT2D eigenvalue weighted by molar-refractivity contribution is -0.206. The molecule has 4 aliphatic carbocycles. The van der Waals surface area contributed by atoms with Crippen molar-refractivity contribution < 1.29 is 67.0 Å². The van der Waals surface area contributed by atoms with Gasteiger partial charge < -0.3 is 58.7 Å². The maximum absolute atomic E-state index is 14.7. The summed E-state index contributed by atoms with van der Waals surface area (Å²) in [6, 6.07) is 15.7. The van der Waals surface area contributed by atoms with E-state index in [9.17, 15) is 33.9 Å². The highest BCUT2D eigenvalue weighted by molar-refractivity contribution is 6.01. The zero-order valence-corrected chi connectivity index (χ0v) is 45.5. The normalized spacial score (nSPS) is 29.8. The Kier molecular flexibility index (Phi) is 18.9. The van der Waals surface area contributed by atoms with Crippen LogP contribution >= 0.6 is 0 Å². The van der Waals surface area contributed by atoms with Crippen molar-refractivity contribution in [3.8, 4) is 0 Å². The SMILES string of the molecule is CCCC1OC2C[C@H]3C4CCC5=CC(=O)C=CC5(C)C4C(O)CC3(C)[C@]2(C(=O)COC2CCN2C(=O)CNC(=O)CCOCCOCCOCCOCCNC(=O)CCC(=O)N2Cc3ccccc3/C=C\c3ccccc32)O1. The van der Waals surface area contributed by atoms with Crippen molar-refractivity contribution in [3.05, 3.63) is 89.0 Å². The molecule has 18 heteroatoms. The Morgan fingerprint density at radius 2 is 1.49 bits per heavy atom. The Bertz CT molecular complexity index is 2600. The van der Waals surface area contributed by atoms with Crippen LogP contribution in [0.3, 0.4) is 0 Å². The van der Waals surface area contributed by atoms with Crippen molar-refractivity contribution in [1.29, 1.82) is 0 Å². The molecule has 18 nitrogen and oxygen atoms in total. The number of hydrogen-bond donors (Lipinski definition) is 3. The van der Waals surface area contributed by atoms with Gasteiger partial charge >= 0.3 is 0 Å². The highest BCUT2D eigenvalue weighted by atomic mass is 16.7. The first-order valence-corrected chi connectivity index (χ1v) is 28.2. The highest BCUT2D eigenvalue weighted by Gasteiger charge is 2.76. The van der Waals surface area contributed by atoms with Crippen molar-refractivity contribution >= 4 is 53.0 Å².